The fourth-order valence-electron chi connectivity index (χ4n) is 4.30. The molecule has 0 aliphatic carbocycles. The van der Waals surface area contributed by atoms with Crippen molar-refractivity contribution in [2.45, 2.75) is 33.9 Å². The van der Waals surface area contributed by atoms with Gasteiger partial charge in [-0.05, 0) is 67.8 Å². The van der Waals surface area contributed by atoms with Gasteiger partial charge in [0, 0.05) is 30.2 Å². The number of hydrogen-bond acceptors (Lipinski definition) is 3. The summed E-state index contributed by atoms with van der Waals surface area (Å²) >= 11 is 0. The number of aryl methyl sites for hydroxylation is 3. The number of amides is 1. The second-order valence-corrected chi connectivity index (χ2v) is 8.72. The molecule has 3 heterocycles. The van der Waals surface area contributed by atoms with E-state index in [1.807, 2.05) is 90.1 Å². The van der Waals surface area contributed by atoms with E-state index >= 15 is 0 Å². The lowest BCUT2D eigenvalue weighted by Crippen LogP contribution is -2.22. The van der Waals surface area contributed by atoms with E-state index in [2.05, 4.69) is 24.4 Å². The molecule has 3 aromatic heterocycles. The fraction of sp³-hybridized carbons (Fsp3) is 0.179. The fourth-order valence-corrected chi connectivity index (χ4v) is 4.30. The SMILES string of the molecule is Cc1cccc(CNC(=O)c2ccc(Cn3nc(-n4cccc4)c4c(C)cc(C)nc43)cc2)c1. The van der Waals surface area contributed by atoms with Crippen LogP contribution < -0.4 is 5.32 Å². The first kappa shape index (κ1) is 21.6. The third-order valence-corrected chi connectivity index (χ3v) is 5.94. The molecule has 0 unspecified atom stereocenters. The number of rotatable bonds is 6. The first-order chi connectivity index (χ1) is 16.5. The highest BCUT2D eigenvalue weighted by Gasteiger charge is 2.16. The van der Waals surface area contributed by atoms with E-state index in [0.717, 1.165) is 39.2 Å². The van der Waals surface area contributed by atoms with Gasteiger partial charge in [0.05, 0.1) is 11.9 Å². The van der Waals surface area contributed by atoms with E-state index < -0.39 is 0 Å². The predicted molar refractivity (Wildman–Crippen MR) is 134 cm³/mol. The van der Waals surface area contributed by atoms with Crippen molar-refractivity contribution in [1.29, 1.82) is 0 Å². The summed E-state index contributed by atoms with van der Waals surface area (Å²) in [5.74, 6) is 0.789. The molecular weight excluding hydrogens is 422 g/mol. The lowest BCUT2D eigenvalue weighted by Gasteiger charge is -2.08. The van der Waals surface area contributed by atoms with Crippen LogP contribution in [0.4, 0.5) is 0 Å². The van der Waals surface area contributed by atoms with E-state index in [0.29, 0.717) is 18.7 Å². The molecule has 0 bridgehead atoms. The molecule has 0 aliphatic heterocycles. The quantitative estimate of drug-likeness (QED) is 0.391. The average molecular weight is 450 g/mol. The molecule has 0 atom stereocenters. The Hall–Kier alpha value is -4.19. The zero-order valence-electron chi connectivity index (χ0n) is 19.6. The third kappa shape index (κ3) is 4.35. The molecular formula is C28H27N5O. The minimum atomic E-state index is -0.0830. The van der Waals surface area contributed by atoms with Gasteiger partial charge in [0.15, 0.2) is 11.5 Å². The van der Waals surface area contributed by atoms with Gasteiger partial charge in [-0.1, -0.05) is 42.0 Å². The highest BCUT2D eigenvalue weighted by atomic mass is 16.1. The van der Waals surface area contributed by atoms with E-state index in [1.54, 1.807) is 0 Å². The number of carbonyl (C=O) groups excluding carboxylic acids is 1. The molecule has 1 amide bonds. The zero-order chi connectivity index (χ0) is 23.7. The Morgan fingerprint density at radius 3 is 2.41 bits per heavy atom. The monoisotopic (exact) mass is 449 g/mol. The molecule has 0 radical (unpaired) electrons. The Morgan fingerprint density at radius 1 is 0.912 bits per heavy atom. The van der Waals surface area contributed by atoms with Crippen LogP contribution in [-0.4, -0.2) is 25.2 Å². The van der Waals surface area contributed by atoms with Crippen molar-refractivity contribution >= 4 is 16.9 Å². The van der Waals surface area contributed by atoms with Gasteiger partial charge in [-0.15, -0.1) is 0 Å². The zero-order valence-corrected chi connectivity index (χ0v) is 19.6. The van der Waals surface area contributed by atoms with E-state index in [1.165, 1.54) is 5.56 Å². The van der Waals surface area contributed by atoms with Crippen LogP contribution >= 0.6 is 0 Å². The van der Waals surface area contributed by atoms with Gasteiger partial charge in [-0.3, -0.25) is 4.79 Å². The van der Waals surface area contributed by atoms with Gasteiger partial charge in [-0.25, -0.2) is 9.67 Å². The largest absolute Gasteiger partial charge is 0.348 e. The van der Waals surface area contributed by atoms with Crippen molar-refractivity contribution in [2.24, 2.45) is 0 Å². The number of nitrogens with one attached hydrogen (secondary N) is 1. The second kappa shape index (κ2) is 8.98. The van der Waals surface area contributed by atoms with Gasteiger partial charge >= 0.3 is 0 Å². The topological polar surface area (TPSA) is 64.7 Å². The van der Waals surface area contributed by atoms with Gasteiger partial charge < -0.3 is 9.88 Å². The summed E-state index contributed by atoms with van der Waals surface area (Å²) in [5, 5.41) is 8.94. The summed E-state index contributed by atoms with van der Waals surface area (Å²) in [5.41, 5.74) is 6.94. The summed E-state index contributed by atoms with van der Waals surface area (Å²) in [6, 6.07) is 21.9. The summed E-state index contributed by atoms with van der Waals surface area (Å²) in [6.07, 6.45) is 3.99. The van der Waals surface area contributed by atoms with E-state index in [-0.39, 0.29) is 5.91 Å². The Bertz CT molecular complexity index is 1460. The van der Waals surface area contributed by atoms with Crippen molar-refractivity contribution < 1.29 is 4.79 Å². The Labute approximate surface area is 198 Å². The van der Waals surface area contributed by atoms with Crippen molar-refractivity contribution in [3.05, 3.63) is 113 Å². The van der Waals surface area contributed by atoms with Crippen molar-refractivity contribution in [3.8, 4) is 5.82 Å². The van der Waals surface area contributed by atoms with Crippen molar-refractivity contribution in [3.63, 3.8) is 0 Å². The number of carbonyl (C=O) groups is 1. The number of fused-ring (bicyclic) bond motifs is 1. The summed E-state index contributed by atoms with van der Waals surface area (Å²) in [7, 11) is 0. The highest BCUT2D eigenvalue weighted by molar-refractivity contribution is 5.94. The molecule has 5 aromatic rings. The van der Waals surface area contributed by atoms with Crippen molar-refractivity contribution in [1.82, 2.24) is 24.6 Å². The molecule has 0 spiro atoms. The molecule has 6 nitrogen and oxygen atoms in total. The molecule has 34 heavy (non-hydrogen) atoms. The Balaban J connectivity index is 1.37. The van der Waals surface area contributed by atoms with Crippen LogP contribution in [0.1, 0.15) is 38.3 Å². The molecule has 2 aromatic carbocycles. The van der Waals surface area contributed by atoms with Gasteiger partial charge in [0.25, 0.3) is 5.91 Å². The standard InChI is InChI=1S/C28H27N5O/c1-19-7-6-8-23(15-19)17-29-28(34)24-11-9-22(10-12-24)18-33-26-25(20(2)16-21(3)30-26)27(31-33)32-13-4-5-14-32/h4-16H,17-18H2,1-3H3,(H,29,34). The number of aromatic nitrogens is 4. The minimum absolute atomic E-state index is 0.0830. The van der Waals surface area contributed by atoms with Gasteiger partial charge in [0.1, 0.15) is 0 Å². The maximum absolute atomic E-state index is 12.6. The first-order valence-electron chi connectivity index (χ1n) is 11.4. The molecule has 0 saturated carbocycles. The first-order valence-corrected chi connectivity index (χ1v) is 11.4. The van der Waals surface area contributed by atoms with Crippen LogP contribution in [0.2, 0.25) is 0 Å². The number of nitrogens with zero attached hydrogens (tertiary/aromatic N) is 4. The molecule has 0 fully saturated rings. The van der Waals surface area contributed by atoms with Gasteiger partial charge in [-0.2, -0.15) is 5.10 Å². The average Bonchev–Trinajstić information content (AvgIpc) is 3.47. The molecule has 0 saturated heterocycles. The number of pyridine rings is 1. The summed E-state index contributed by atoms with van der Waals surface area (Å²) < 4.78 is 3.96. The number of benzene rings is 2. The lowest BCUT2D eigenvalue weighted by atomic mass is 10.1. The molecule has 6 heteroatoms. The van der Waals surface area contributed by atoms with Crippen LogP contribution in [0.3, 0.4) is 0 Å². The maximum atomic E-state index is 12.6. The smallest absolute Gasteiger partial charge is 0.251 e. The van der Waals surface area contributed by atoms with Crippen LogP contribution in [0, 0.1) is 20.8 Å². The van der Waals surface area contributed by atoms with E-state index in [4.69, 9.17) is 10.1 Å². The Morgan fingerprint density at radius 2 is 1.68 bits per heavy atom. The lowest BCUT2D eigenvalue weighted by molar-refractivity contribution is 0.0951. The second-order valence-electron chi connectivity index (χ2n) is 8.72. The van der Waals surface area contributed by atoms with Crippen LogP contribution in [0.15, 0.2) is 79.1 Å². The van der Waals surface area contributed by atoms with Gasteiger partial charge in [0.2, 0.25) is 0 Å². The van der Waals surface area contributed by atoms with Crippen LogP contribution in [0.25, 0.3) is 16.9 Å². The number of hydrogen-bond donors (Lipinski definition) is 1. The van der Waals surface area contributed by atoms with Crippen LogP contribution in [0.5, 0.6) is 0 Å². The molecule has 0 aliphatic rings. The Kier molecular flexibility index (Phi) is 5.72. The maximum Gasteiger partial charge on any atom is 0.251 e. The van der Waals surface area contributed by atoms with Crippen LogP contribution in [-0.2, 0) is 13.1 Å². The minimum Gasteiger partial charge on any atom is -0.348 e. The molecule has 170 valence electrons. The van der Waals surface area contributed by atoms with Crippen molar-refractivity contribution in [2.75, 3.05) is 0 Å². The summed E-state index contributed by atoms with van der Waals surface area (Å²) in [6.45, 7) is 7.23. The highest BCUT2D eigenvalue weighted by Crippen LogP contribution is 2.25. The summed E-state index contributed by atoms with van der Waals surface area (Å²) in [4.78, 5) is 17.4. The van der Waals surface area contributed by atoms with E-state index in [9.17, 15) is 4.79 Å². The third-order valence-electron chi connectivity index (χ3n) is 5.94. The predicted octanol–water partition coefficient (Wildman–Crippen LogP) is 5.13. The normalized spacial score (nSPS) is 11.1. The molecule has 5 rings (SSSR count). The molecule has 1 N–H and O–H groups in total.